The van der Waals surface area contributed by atoms with Gasteiger partial charge in [0.1, 0.15) is 5.75 Å². The van der Waals surface area contributed by atoms with Crippen LogP contribution in [0.5, 0.6) is 5.75 Å². The Morgan fingerprint density at radius 3 is 2.73 bits per heavy atom. The van der Waals surface area contributed by atoms with Gasteiger partial charge >= 0.3 is 6.18 Å². The molecule has 1 aromatic carbocycles. The highest BCUT2D eigenvalue weighted by atomic mass is 19.4. The number of carbonyl (C=O) groups is 2. The van der Waals surface area contributed by atoms with Crippen LogP contribution in [-0.2, 0) is 9.53 Å². The number of hydrogen-bond acceptors (Lipinski definition) is 4. The Kier molecular flexibility index (Phi) is 6.25. The average molecular weight is 372 g/mol. The van der Waals surface area contributed by atoms with Gasteiger partial charge in [-0.15, -0.1) is 0 Å². The van der Waals surface area contributed by atoms with Crippen molar-refractivity contribution in [1.29, 1.82) is 0 Å². The summed E-state index contributed by atoms with van der Waals surface area (Å²) < 4.78 is 43.2. The maximum absolute atomic E-state index is 12.7. The Morgan fingerprint density at radius 2 is 2.08 bits per heavy atom. The molecule has 3 N–H and O–H groups in total. The van der Waals surface area contributed by atoms with Gasteiger partial charge in [0.2, 0.25) is 5.91 Å². The Labute approximate surface area is 148 Å². The number of benzene rings is 1. The van der Waals surface area contributed by atoms with Crippen LogP contribution in [0.15, 0.2) is 30.9 Å². The fraction of sp³-hybridized carbons (Fsp3) is 0.412. The predicted molar refractivity (Wildman–Crippen MR) is 87.8 cm³/mol. The minimum Gasteiger partial charge on any atom is -0.507 e. The number of carbonyl (C=O) groups excluding carboxylic acids is 2. The summed E-state index contributed by atoms with van der Waals surface area (Å²) in [7, 11) is 0. The van der Waals surface area contributed by atoms with Crippen LogP contribution in [0.3, 0.4) is 0 Å². The van der Waals surface area contributed by atoms with E-state index < -0.39 is 30.2 Å². The molecule has 142 valence electrons. The highest BCUT2D eigenvalue weighted by Crippen LogP contribution is 2.32. The van der Waals surface area contributed by atoms with Crippen molar-refractivity contribution < 1.29 is 32.6 Å². The molecule has 1 saturated heterocycles. The molecule has 2 atom stereocenters. The summed E-state index contributed by atoms with van der Waals surface area (Å²) in [4.78, 5) is 23.5. The number of nitrogens with one attached hydrogen (secondary N) is 2. The second-order valence-corrected chi connectivity index (χ2v) is 5.85. The number of phenols is 1. The molecular formula is C17H19F3N2O4. The minimum atomic E-state index is -4.43. The second kappa shape index (κ2) is 8.22. The zero-order chi connectivity index (χ0) is 19.3. The average Bonchev–Trinajstić information content (AvgIpc) is 2.60. The summed E-state index contributed by atoms with van der Waals surface area (Å²) in [6, 6.07) is 3.88. The number of ether oxygens (including phenoxy) is 1. The lowest BCUT2D eigenvalue weighted by atomic mass is 10.0. The molecule has 0 bridgehead atoms. The number of amides is 2. The Bertz CT molecular complexity index is 691. The SMILES string of the molecule is C=CC(=O)Nc1ccc(O)c(C(=O)NCC2CCCC(C(F)(F)F)O2)c1. The zero-order valence-corrected chi connectivity index (χ0v) is 13.8. The van der Waals surface area contributed by atoms with Gasteiger partial charge in [-0.3, -0.25) is 9.59 Å². The third kappa shape index (κ3) is 5.22. The van der Waals surface area contributed by atoms with E-state index in [9.17, 15) is 27.9 Å². The third-order valence-electron chi connectivity index (χ3n) is 3.90. The molecule has 0 spiro atoms. The number of hydrogen-bond donors (Lipinski definition) is 3. The van der Waals surface area contributed by atoms with Crippen LogP contribution < -0.4 is 10.6 Å². The van der Waals surface area contributed by atoms with Gasteiger partial charge in [0, 0.05) is 12.2 Å². The molecule has 0 aromatic heterocycles. The van der Waals surface area contributed by atoms with Crippen molar-refractivity contribution in [1.82, 2.24) is 5.32 Å². The van der Waals surface area contributed by atoms with E-state index in [0.717, 1.165) is 6.08 Å². The first-order chi connectivity index (χ1) is 12.2. The van der Waals surface area contributed by atoms with Crippen LogP contribution in [-0.4, -0.2) is 41.8 Å². The predicted octanol–water partition coefficient (Wildman–Crippen LogP) is 2.75. The molecule has 2 rings (SSSR count). The molecule has 1 aliphatic rings. The number of anilines is 1. The molecule has 1 aliphatic heterocycles. The van der Waals surface area contributed by atoms with E-state index in [1.807, 2.05) is 0 Å². The molecule has 1 heterocycles. The fourth-order valence-corrected chi connectivity index (χ4v) is 2.58. The van der Waals surface area contributed by atoms with Gasteiger partial charge in [-0.1, -0.05) is 6.58 Å². The number of halogens is 3. The van der Waals surface area contributed by atoms with Crippen molar-refractivity contribution >= 4 is 17.5 Å². The van der Waals surface area contributed by atoms with E-state index in [-0.39, 0.29) is 30.0 Å². The lowest BCUT2D eigenvalue weighted by Crippen LogP contribution is -2.43. The third-order valence-corrected chi connectivity index (χ3v) is 3.90. The van der Waals surface area contributed by atoms with Crippen LogP contribution >= 0.6 is 0 Å². The van der Waals surface area contributed by atoms with E-state index >= 15 is 0 Å². The number of phenolic OH excluding ortho intramolecular Hbond substituents is 1. The maximum Gasteiger partial charge on any atom is 0.414 e. The van der Waals surface area contributed by atoms with E-state index in [4.69, 9.17) is 4.74 Å². The topological polar surface area (TPSA) is 87.7 Å². The normalized spacial score (nSPS) is 20.3. The summed E-state index contributed by atoms with van der Waals surface area (Å²) in [5, 5.41) is 14.7. The van der Waals surface area contributed by atoms with Crippen LogP contribution in [0.1, 0.15) is 29.6 Å². The summed E-state index contributed by atoms with van der Waals surface area (Å²) >= 11 is 0. The van der Waals surface area contributed by atoms with Crippen LogP contribution in [0.2, 0.25) is 0 Å². The van der Waals surface area contributed by atoms with Gasteiger partial charge in [-0.2, -0.15) is 13.2 Å². The Morgan fingerprint density at radius 1 is 1.35 bits per heavy atom. The molecule has 2 unspecified atom stereocenters. The van der Waals surface area contributed by atoms with Crippen molar-refractivity contribution in [2.45, 2.75) is 37.6 Å². The molecule has 0 radical (unpaired) electrons. The first-order valence-corrected chi connectivity index (χ1v) is 7.97. The highest BCUT2D eigenvalue weighted by molar-refractivity contribution is 6.01. The van der Waals surface area contributed by atoms with E-state index in [1.54, 1.807) is 0 Å². The first-order valence-electron chi connectivity index (χ1n) is 7.97. The summed E-state index contributed by atoms with van der Waals surface area (Å²) in [5.41, 5.74) is 0.152. The van der Waals surface area contributed by atoms with Gasteiger partial charge in [-0.05, 0) is 43.5 Å². The lowest BCUT2D eigenvalue weighted by molar-refractivity contribution is -0.244. The molecule has 9 heteroatoms. The molecule has 6 nitrogen and oxygen atoms in total. The van der Waals surface area contributed by atoms with Gasteiger partial charge in [-0.25, -0.2) is 0 Å². The van der Waals surface area contributed by atoms with Crippen LogP contribution in [0.4, 0.5) is 18.9 Å². The molecule has 2 amide bonds. The van der Waals surface area contributed by atoms with E-state index in [1.165, 1.54) is 18.2 Å². The Hall–Kier alpha value is -2.55. The van der Waals surface area contributed by atoms with Gasteiger partial charge in [0.25, 0.3) is 5.91 Å². The van der Waals surface area contributed by atoms with Crippen molar-refractivity contribution in [2.24, 2.45) is 0 Å². The number of rotatable bonds is 5. The van der Waals surface area contributed by atoms with Crippen molar-refractivity contribution in [3.63, 3.8) is 0 Å². The molecule has 0 aliphatic carbocycles. The minimum absolute atomic E-state index is 0.0974. The van der Waals surface area contributed by atoms with Crippen molar-refractivity contribution in [3.8, 4) is 5.75 Å². The molecule has 1 aromatic rings. The second-order valence-electron chi connectivity index (χ2n) is 5.85. The standard InChI is InChI=1S/C17H19F3N2O4/c1-2-15(24)22-10-6-7-13(23)12(8-10)16(25)21-9-11-4-3-5-14(26-11)17(18,19)20/h2,6-8,11,14,23H,1,3-5,9H2,(H,21,25)(H,22,24). The zero-order valence-electron chi connectivity index (χ0n) is 13.8. The fourth-order valence-electron chi connectivity index (χ4n) is 2.58. The van der Waals surface area contributed by atoms with Crippen molar-refractivity contribution in [2.75, 3.05) is 11.9 Å². The van der Waals surface area contributed by atoms with Gasteiger partial charge in [0.05, 0.1) is 11.7 Å². The smallest absolute Gasteiger partial charge is 0.414 e. The quantitative estimate of drug-likeness (QED) is 0.548. The maximum atomic E-state index is 12.7. The van der Waals surface area contributed by atoms with Crippen LogP contribution in [0, 0.1) is 0 Å². The highest BCUT2D eigenvalue weighted by Gasteiger charge is 2.43. The van der Waals surface area contributed by atoms with E-state index in [2.05, 4.69) is 17.2 Å². The molecule has 1 fully saturated rings. The Balaban J connectivity index is 1.98. The van der Waals surface area contributed by atoms with Crippen molar-refractivity contribution in [3.05, 3.63) is 36.4 Å². The summed E-state index contributed by atoms with van der Waals surface area (Å²) in [6.45, 7) is 3.18. The summed E-state index contributed by atoms with van der Waals surface area (Å²) in [5.74, 6) is -1.50. The molecule has 26 heavy (non-hydrogen) atoms. The molecule has 0 saturated carbocycles. The number of alkyl halides is 3. The van der Waals surface area contributed by atoms with E-state index in [0.29, 0.717) is 12.8 Å². The van der Waals surface area contributed by atoms with Gasteiger partial charge < -0.3 is 20.5 Å². The monoisotopic (exact) mass is 372 g/mol. The molecular weight excluding hydrogens is 353 g/mol. The lowest BCUT2D eigenvalue weighted by Gasteiger charge is -2.31. The van der Waals surface area contributed by atoms with Gasteiger partial charge in [0.15, 0.2) is 6.10 Å². The summed E-state index contributed by atoms with van der Waals surface area (Å²) in [6.07, 6.45) is -5.33. The number of aromatic hydroxyl groups is 1. The largest absolute Gasteiger partial charge is 0.507 e. The first kappa shape index (κ1) is 19.8. The van der Waals surface area contributed by atoms with Crippen LogP contribution in [0.25, 0.3) is 0 Å².